The molecule has 3 N–H and O–H groups in total. The van der Waals surface area contributed by atoms with Crippen molar-refractivity contribution in [2.75, 3.05) is 6.54 Å². The van der Waals surface area contributed by atoms with Crippen LogP contribution in [-0.4, -0.2) is 18.5 Å². The van der Waals surface area contributed by atoms with Crippen LogP contribution in [0.4, 0.5) is 8.78 Å². The van der Waals surface area contributed by atoms with Crippen molar-refractivity contribution in [1.82, 2.24) is 5.32 Å². The van der Waals surface area contributed by atoms with Gasteiger partial charge in [-0.25, -0.2) is 8.78 Å². The number of halogens is 2. The van der Waals surface area contributed by atoms with Crippen molar-refractivity contribution in [2.24, 2.45) is 11.7 Å². The van der Waals surface area contributed by atoms with E-state index in [9.17, 15) is 13.6 Å². The molecule has 2 atom stereocenters. The van der Waals surface area contributed by atoms with E-state index in [4.69, 9.17) is 5.73 Å². The van der Waals surface area contributed by atoms with Gasteiger partial charge >= 0.3 is 0 Å². The molecule has 1 fully saturated rings. The lowest BCUT2D eigenvalue weighted by molar-refractivity contribution is 0.0939. The molecular formula is C13H16F2N2O. The summed E-state index contributed by atoms with van der Waals surface area (Å²) in [6, 6.07) is 3.56. The molecule has 0 spiro atoms. The zero-order valence-corrected chi connectivity index (χ0v) is 9.96. The Hall–Kier alpha value is -1.49. The Labute approximate surface area is 104 Å². The van der Waals surface area contributed by atoms with Gasteiger partial charge in [-0.3, -0.25) is 4.79 Å². The van der Waals surface area contributed by atoms with Gasteiger partial charge in [0.2, 0.25) is 0 Å². The van der Waals surface area contributed by atoms with Crippen molar-refractivity contribution >= 4 is 5.91 Å². The van der Waals surface area contributed by atoms with E-state index in [1.54, 1.807) is 0 Å². The van der Waals surface area contributed by atoms with Gasteiger partial charge < -0.3 is 11.1 Å². The van der Waals surface area contributed by atoms with Gasteiger partial charge in [-0.1, -0.05) is 6.07 Å². The smallest absolute Gasteiger partial charge is 0.257 e. The van der Waals surface area contributed by atoms with E-state index in [1.807, 2.05) is 0 Å². The van der Waals surface area contributed by atoms with E-state index in [-0.39, 0.29) is 6.04 Å². The first-order chi connectivity index (χ1) is 8.58. The Balaban J connectivity index is 1.96. The summed E-state index contributed by atoms with van der Waals surface area (Å²) in [6.45, 7) is 0.417. The van der Waals surface area contributed by atoms with E-state index in [1.165, 1.54) is 6.07 Å². The Bertz CT molecular complexity index is 430. The van der Waals surface area contributed by atoms with Crippen LogP contribution in [0, 0.1) is 17.6 Å². The highest BCUT2D eigenvalue weighted by Gasteiger charge is 2.23. The highest BCUT2D eigenvalue weighted by molar-refractivity contribution is 5.94. The molecule has 0 radical (unpaired) electrons. The minimum atomic E-state index is -0.837. The summed E-state index contributed by atoms with van der Waals surface area (Å²) < 4.78 is 26.7. The second-order valence-electron chi connectivity index (χ2n) is 4.75. The van der Waals surface area contributed by atoms with Crippen LogP contribution in [0.15, 0.2) is 18.2 Å². The monoisotopic (exact) mass is 254 g/mol. The van der Waals surface area contributed by atoms with E-state index in [0.29, 0.717) is 12.5 Å². The molecule has 98 valence electrons. The lowest BCUT2D eigenvalue weighted by atomic mass is 10.1. The first-order valence-corrected chi connectivity index (χ1v) is 6.05. The van der Waals surface area contributed by atoms with Crippen molar-refractivity contribution in [3.63, 3.8) is 0 Å². The van der Waals surface area contributed by atoms with Crippen molar-refractivity contribution in [3.05, 3.63) is 35.4 Å². The highest BCUT2D eigenvalue weighted by Crippen LogP contribution is 2.23. The molecule has 2 rings (SSSR count). The zero-order valence-electron chi connectivity index (χ0n) is 9.96. The molecule has 0 aromatic heterocycles. The first-order valence-electron chi connectivity index (χ1n) is 6.05. The molecular weight excluding hydrogens is 238 g/mol. The summed E-state index contributed by atoms with van der Waals surface area (Å²) in [5.41, 5.74) is 5.24. The fraction of sp³-hybridized carbons (Fsp3) is 0.462. The second kappa shape index (κ2) is 5.44. The van der Waals surface area contributed by atoms with Crippen LogP contribution in [0.5, 0.6) is 0 Å². The SMILES string of the molecule is NC1CCC(CNC(=O)c2c(F)cccc2F)C1. The Morgan fingerprint density at radius 3 is 2.56 bits per heavy atom. The fourth-order valence-corrected chi connectivity index (χ4v) is 2.34. The summed E-state index contributed by atoms with van der Waals surface area (Å²) in [7, 11) is 0. The number of amides is 1. The predicted molar refractivity (Wildman–Crippen MR) is 64.0 cm³/mol. The number of carbonyl (C=O) groups excluding carboxylic acids is 1. The number of hydrogen-bond acceptors (Lipinski definition) is 2. The molecule has 0 aliphatic heterocycles. The minimum Gasteiger partial charge on any atom is -0.352 e. The molecule has 0 saturated heterocycles. The maximum absolute atomic E-state index is 13.3. The summed E-state index contributed by atoms with van der Waals surface area (Å²) in [4.78, 5) is 11.7. The van der Waals surface area contributed by atoms with Gasteiger partial charge in [0.15, 0.2) is 0 Å². The van der Waals surface area contributed by atoms with Crippen molar-refractivity contribution in [2.45, 2.75) is 25.3 Å². The van der Waals surface area contributed by atoms with Crippen LogP contribution in [0.25, 0.3) is 0 Å². The second-order valence-corrected chi connectivity index (χ2v) is 4.75. The van der Waals surface area contributed by atoms with E-state index < -0.39 is 23.1 Å². The Morgan fingerprint density at radius 1 is 1.33 bits per heavy atom. The average molecular weight is 254 g/mol. The molecule has 1 aromatic rings. The van der Waals surface area contributed by atoms with Crippen LogP contribution < -0.4 is 11.1 Å². The molecule has 1 aliphatic rings. The van der Waals surface area contributed by atoms with E-state index >= 15 is 0 Å². The number of nitrogens with one attached hydrogen (secondary N) is 1. The number of benzene rings is 1. The maximum Gasteiger partial charge on any atom is 0.257 e. The normalized spacial score (nSPS) is 23.1. The largest absolute Gasteiger partial charge is 0.352 e. The van der Waals surface area contributed by atoms with Gasteiger partial charge in [-0.05, 0) is 37.3 Å². The third-order valence-electron chi connectivity index (χ3n) is 3.32. The average Bonchev–Trinajstić information content (AvgIpc) is 2.72. The lowest BCUT2D eigenvalue weighted by Crippen LogP contribution is -2.30. The van der Waals surface area contributed by atoms with Crippen LogP contribution >= 0.6 is 0 Å². The van der Waals surface area contributed by atoms with Gasteiger partial charge in [0.1, 0.15) is 17.2 Å². The number of rotatable bonds is 3. The van der Waals surface area contributed by atoms with Crippen molar-refractivity contribution in [1.29, 1.82) is 0 Å². The summed E-state index contributed by atoms with van der Waals surface area (Å²) in [5.74, 6) is -2.07. The summed E-state index contributed by atoms with van der Waals surface area (Å²) in [5, 5.41) is 2.57. The number of nitrogens with two attached hydrogens (primary N) is 1. The lowest BCUT2D eigenvalue weighted by Gasteiger charge is -2.11. The van der Waals surface area contributed by atoms with Gasteiger partial charge in [-0.2, -0.15) is 0 Å². The topological polar surface area (TPSA) is 55.1 Å². The van der Waals surface area contributed by atoms with Crippen molar-refractivity contribution in [3.8, 4) is 0 Å². The third-order valence-corrected chi connectivity index (χ3v) is 3.32. The minimum absolute atomic E-state index is 0.178. The highest BCUT2D eigenvalue weighted by atomic mass is 19.1. The molecule has 0 heterocycles. The summed E-state index contributed by atoms with van der Waals surface area (Å²) in [6.07, 6.45) is 2.73. The molecule has 18 heavy (non-hydrogen) atoms. The fourth-order valence-electron chi connectivity index (χ4n) is 2.34. The Kier molecular flexibility index (Phi) is 3.91. The molecule has 5 heteroatoms. The Morgan fingerprint density at radius 2 is 2.00 bits per heavy atom. The summed E-state index contributed by atoms with van der Waals surface area (Å²) >= 11 is 0. The van der Waals surface area contributed by atoms with E-state index in [0.717, 1.165) is 31.4 Å². The van der Waals surface area contributed by atoms with Crippen LogP contribution in [0.2, 0.25) is 0 Å². The number of hydrogen-bond donors (Lipinski definition) is 2. The van der Waals surface area contributed by atoms with E-state index in [2.05, 4.69) is 5.32 Å². The molecule has 0 bridgehead atoms. The van der Waals surface area contributed by atoms with Gasteiger partial charge in [0.25, 0.3) is 5.91 Å². The predicted octanol–water partition coefficient (Wildman–Crippen LogP) is 1.82. The van der Waals surface area contributed by atoms with Crippen LogP contribution in [-0.2, 0) is 0 Å². The van der Waals surface area contributed by atoms with Crippen molar-refractivity contribution < 1.29 is 13.6 Å². The molecule has 1 aliphatic carbocycles. The molecule has 3 nitrogen and oxygen atoms in total. The van der Waals surface area contributed by atoms with Gasteiger partial charge in [0, 0.05) is 12.6 Å². The first kappa shape index (κ1) is 13.0. The number of carbonyl (C=O) groups is 1. The van der Waals surface area contributed by atoms with Gasteiger partial charge in [0.05, 0.1) is 0 Å². The maximum atomic E-state index is 13.3. The third kappa shape index (κ3) is 2.85. The zero-order chi connectivity index (χ0) is 13.1. The molecule has 1 aromatic carbocycles. The quantitative estimate of drug-likeness (QED) is 0.864. The van der Waals surface area contributed by atoms with Gasteiger partial charge in [-0.15, -0.1) is 0 Å². The standard InChI is InChI=1S/C13H16F2N2O/c14-10-2-1-3-11(15)12(10)13(18)17-7-8-4-5-9(16)6-8/h1-3,8-9H,4-7,16H2,(H,17,18). The molecule has 2 unspecified atom stereocenters. The molecule has 1 saturated carbocycles. The van der Waals surface area contributed by atoms with Crippen LogP contribution in [0.1, 0.15) is 29.6 Å². The van der Waals surface area contributed by atoms with Crippen LogP contribution in [0.3, 0.4) is 0 Å². The molecule has 1 amide bonds.